The van der Waals surface area contributed by atoms with E-state index in [0.29, 0.717) is 0 Å². The van der Waals surface area contributed by atoms with E-state index in [2.05, 4.69) is 0 Å². The summed E-state index contributed by atoms with van der Waals surface area (Å²) < 4.78 is 0. The zero-order valence-corrected chi connectivity index (χ0v) is 8.15. The Morgan fingerprint density at radius 1 is 1.36 bits per heavy atom. The van der Waals surface area contributed by atoms with Crippen LogP contribution in [0, 0.1) is 5.92 Å². The summed E-state index contributed by atoms with van der Waals surface area (Å²) in [4.78, 5) is 19.9. The molecule has 0 fully saturated rings. The molecule has 3 N–H and O–H groups in total. The maximum Gasteiger partial charge on any atom is 1.00 e. The molecule has 5 nitrogen and oxygen atoms in total. The van der Waals surface area contributed by atoms with Gasteiger partial charge in [-0.2, -0.15) is 0 Å². The molecule has 0 rings (SSSR count). The molecule has 11 heavy (non-hydrogen) atoms. The van der Waals surface area contributed by atoms with Gasteiger partial charge >= 0.3 is 41.5 Å². The third-order valence-electron chi connectivity index (χ3n) is 0.991. The molecule has 6 heteroatoms. The third kappa shape index (κ3) is 6.30. The van der Waals surface area contributed by atoms with Crippen LogP contribution in [0.5, 0.6) is 0 Å². The van der Waals surface area contributed by atoms with Crippen molar-refractivity contribution in [3.63, 3.8) is 0 Å². The van der Waals surface area contributed by atoms with Crippen molar-refractivity contribution in [1.82, 2.24) is 0 Å². The van der Waals surface area contributed by atoms with Crippen LogP contribution in [0.15, 0.2) is 0 Å². The minimum Gasteiger partial charge on any atom is -1.00 e. The molecule has 0 bridgehead atoms. The number of rotatable bonds is 4. The molecule has 0 amide bonds. The van der Waals surface area contributed by atoms with Gasteiger partial charge in [0.05, 0.1) is 18.9 Å². The molecule has 0 spiro atoms. The van der Waals surface area contributed by atoms with Crippen molar-refractivity contribution in [3.8, 4) is 0 Å². The van der Waals surface area contributed by atoms with Crippen molar-refractivity contribution in [1.29, 1.82) is 0 Å². The van der Waals surface area contributed by atoms with Crippen molar-refractivity contribution in [2.24, 2.45) is 5.92 Å². The number of aliphatic carboxylic acids is 2. The average Bonchev–Trinajstić information content (AvgIpc) is 1.81. The van der Waals surface area contributed by atoms with Gasteiger partial charge in [-0.1, -0.05) is 0 Å². The van der Waals surface area contributed by atoms with Crippen LogP contribution in [0.25, 0.3) is 0 Å². The average molecular weight is 172 g/mol. The number of aliphatic hydroxyl groups excluding tert-OH is 1. The second-order valence-corrected chi connectivity index (χ2v) is 1.82. The Labute approximate surface area is 86.8 Å². The van der Waals surface area contributed by atoms with Crippen LogP contribution in [0.1, 0.15) is 7.85 Å². The first-order chi connectivity index (χ1) is 4.57. The van der Waals surface area contributed by atoms with E-state index in [-0.39, 0.29) is 31.0 Å². The van der Waals surface area contributed by atoms with Gasteiger partial charge in [0.2, 0.25) is 0 Å². The van der Waals surface area contributed by atoms with E-state index in [4.69, 9.17) is 15.3 Å². The largest absolute Gasteiger partial charge is 1.00 e. The van der Waals surface area contributed by atoms with Gasteiger partial charge in [-0.05, 0) is 0 Å². The maximum absolute atomic E-state index is 10.0. The predicted octanol–water partition coefficient (Wildman–Crippen LogP) is -3.73. The molecule has 0 saturated heterocycles. The minimum atomic E-state index is -1.29. The van der Waals surface area contributed by atoms with Gasteiger partial charge in [-0.15, -0.1) is 0 Å². The van der Waals surface area contributed by atoms with Gasteiger partial charge in [-0.3, -0.25) is 9.59 Å². The van der Waals surface area contributed by atoms with Gasteiger partial charge in [0, 0.05) is 0 Å². The molecule has 0 aromatic heterocycles. The summed E-state index contributed by atoms with van der Waals surface area (Å²) in [7, 11) is 0. The first-order valence-electron chi connectivity index (χ1n) is 2.63. The van der Waals surface area contributed by atoms with E-state index < -0.39 is 30.9 Å². The summed E-state index contributed by atoms with van der Waals surface area (Å²) >= 11 is 0. The van der Waals surface area contributed by atoms with E-state index in [1.54, 1.807) is 0 Å². The Bertz CT molecular complexity index is 151. The van der Waals surface area contributed by atoms with Gasteiger partial charge in [-0.25, -0.2) is 0 Å². The summed E-state index contributed by atoms with van der Waals surface area (Å²) in [5, 5.41) is 24.6. The van der Waals surface area contributed by atoms with Crippen LogP contribution in [-0.2, 0) is 9.59 Å². The molecule has 0 aromatic carbocycles. The summed E-state index contributed by atoms with van der Waals surface area (Å²) in [6, 6.07) is 0. The fourth-order valence-corrected chi connectivity index (χ4v) is 0.441. The van der Waals surface area contributed by atoms with Gasteiger partial charge < -0.3 is 16.7 Å². The minimum absolute atomic E-state index is 0. The second kappa shape index (κ2) is 6.60. The molecule has 0 aliphatic rings. The van der Waals surface area contributed by atoms with Crippen molar-refractivity contribution < 1.29 is 55.9 Å². The molecular formula is C5H9NaO5. The molecule has 60 valence electrons. The van der Waals surface area contributed by atoms with Crippen LogP contribution in [-0.4, -0.2) is 33.9 Å². The van der Waals surface area contributed by atoms with Gasteiger partial charge in [0.25, 0.3) is 0 Å². The van der Waals surface area contributed by atoms with E-state index in [0.717, 1.165) is 0 Å². The van der Waals surface area contributed by atoms with E-state index >= 15 is 0 Å². The SMILES string of the molecule is O=C(O)CC(CO)C(=O)O.[H-].[Na+]. The summed E-state index contributed by atoms with van der Waals surface area (Å²) in [5.41, 5.74) is 0. The van der Waals surface area contributed by atoms with Crippen LogP contribution in [0.2, 0.25) is 0 Å². The predicted molar refractivity (Wildman–Crippen MR) is 31.6 cm³/mol. The summed E-state index contributed by atoms with van der Waals surface area (Å²) in [6.07, 6.45) is -0.536. The fraction of sp³-hybridized carbons (Fsp3) is 0.600. The Balaban J connectivity index is -0.000000405. The van der Waals surface area contributed by atoms with Crippen LogP contribution >= 0.6 is 0 Å². The zero-order chi connectivity index (χ0) is 8.15. The maximum atomic E-state index is 10.0. The molecular weight excluding hydrogens is 163 g/mol. The number of carboxylic acid groups (broad SMARTS) is 2. The van der Waals surface area contributed by atoms with Crippen LogP contribution < -0.4 is 29.6 Å². The topological polar surface area (TPSA) is 94.8 Å². The monoisotopic (exact) mass is 172 g/mol. The summed E-state index contributed by atoms with van der Waals surface area (Å²) in [5.74, 6) is -3.69. The molecule has 1 unspecified atom stereocenters. The number of hydrogen-bond acceptors (Lipinski definition) is 3. The van der Waals surface area contributed by atoms with Crippen LogP contribution in [0.3, 0.4) is 0 Å². The quantitative estimate of drug-likeness (QED) is 0.379. The standard InChI is InChI=1S/C5H8O5.Na.H/c6-2-3(5(9)10)1-4(7)8;;/h3,6H,1-2H2,(H,7,8)(H,9,10);;/q;+1;-1. The van der Waals surface area contributed by atoms with E-state index in [9.17, 15) is 9.59 Å². The molecule has 0 aliphatic heterocycles. The van der Waals surface area contributed by atoms with Crippen molar-refractivity contribution in [2.75, 3.05) is 6.61 Å². The third-order valence-corrected chi connectivity index (χ3v) is 0.991. The normalized spacial score (nSPS) is 11.4. The summed E-state index contributed by atoms with van der Waals surface area (Å²) in [6.45, 7) is -0.637. The van der Waals surface area contributed by atoms with Crippen LogP contribution in [0.4, 0.5) is 0 Å². The second-order valence-electron chi connectivity index (χ2n) is 1.82. The number of carboxylic acids is 2. The first-order valence-corrected chi connectivity index (χ1v) is 2.63. The Morgan fingerprint density at radius 3 is 1.91 bits per heavy atom. The van der Waals surface area contributed by atoms with Gasteiger partial charge in [0.15, 0.2) is 0 Å². The fourth-order valence-electron chi connectivity index (χ4n) is 0.441. The molecule has 0 aliphatic carbocycles. The molecule has 0 aromatic rings. The Kier molecular flexibility index (Phi) is 8.09. The number of hydrogen-bond donors (Lipinski definition) is 3. The zero-order valence-electron chi connectivity index (χ0n) is 7.15. The molecule has 0 saturated carbocycles. The van der Waals surface area contributed by atoms with Crippen molar-refractivity contribution >= 4 is 11.9 Å². The van der Waals surface area contributed by atoms with Crippen molar-refractivity contribution in [2.45, 2.75) is 6.42 Å². The Hall–Kier alpha value is -0.100. The van der Waals surface area contributed by atoms with E-state index in [1.165, 1.54) is 0 Å². The van der Waals surface area contributed by atoms with Gasteiger partial charge in [0.1, 0.15) is 0 Å². The molecule has 0 heterocycles. The molecule has 0 radical (unpaired) electrons. The number of aliphatic hydroxyl groups is 1. The molecule has 1 atom stereocenters. The smallest absolute Gasteiger partial charge is 1.00 e. The Morgan fingerprint density at radius 2 is 1.82 bits per heavy atom. The van der Waals surface area contributed by atoms with E-state index in [1.807, 2.05) is 0 Å². The van der Waals surface area contributed by atoms with Crippen molar-refractivity contribution in [3.05, 3.63) is 0 Å². The first kappa shape index (κ1) is 13.5. The number of carbonyl (C=O) groups is 2.